The lowest BCUT2D eigenvalue weighted by Crippen LogP contribution is -2.15. The highest BCUT2D eigenvalue weighted by molar-refractivity contribution is 4.91. The van der Waals surface area contributed by atoms with Crippen LogP contribution in [0, 0.1) is 40.4 Å². The van der Waals surface area contributed by atoms with Gasteiger partial charge in [0.05, 0.1) is 18.1 Å². The van der Waals surface area contributed by atoms with Crippen LogP contribution in [-0.2, 0) is 0 Å². The molecule has 0 aromatic heterocycles. The van der Waals surface area contributed by atoms with Crippen LogP contribution in [0.25, 0.3) is 0 Å². The number of nitriles is 2. The fraction of sp³-hybridized carbons (Fsp3) is 0.778. The van der Waals surface area contributed by atoms with Gasteiger partial charge >= 0.3 is 0 Å². The van der Waals surface area contributed by atoms with E-state index in [0.29, 0.717) is 12.3 Å². The largest absolute Gasteiger partial charge is 0.198 e. The fourth-order valence-corrected chi connectivity index (χ4v) is 1.20. The highest BCUT2D eigenvalue weighted by Crippen LogP contribution is 2.21. The van der Waals surface area contributed by atoms with Crippen LogP contribution >= 0.6 is 0 Å². The van der Waals surface area contributed by atoms with Crippen molar-refractivity contribution in [1.82, 2.24) is 0 Å². The van der Waals surface area contributed by atoms with Crippen LogP contribution in [0.2, 0.25) is 0 Å². The second kappa shape index (κ2) is 4.74. The van der Waals surface area contributed by atoms with Crippen molar-refractivity contribution in [1.29, 1.82) is 10.5 Å². The predicted molar refractivity (Wildman–Crippen MR) is 43.3 cm³/mol. The van der Waals surface area contributed by atoms with Crippen LogP contribution < -0.4 is 0 Å². The molecule has 0 radical (unpaired) electrons. The molecule has 0 fully saturated rings. The van der Waals surface area contributed by atoms with Crippen LogP contribution in [0.3, 0.4) is 0 Å². The molecule has 11 heavy (non-hydrogen) atoms. The molecule has 0 rings (SSSR count). The van der Waals surface area contributed by atoms with Crippen molar-refractivity contribution in [3.63, 3.8) is 0 Å². The molecule has 0 saturated carbocycles. The van der Waals surface area contributed by atoms with E-state index in [1.165, 1.54) is 0 Å². The molecule has 2 atom stereocenters. The van der Waals surface area contributed by atoms with Gasteiger partial charge in [0, 0.05) is 6.42 Å². The first-order valence-electron chi connectivity index (χ1n) is 3.90. The van der Waals surface area contributed by atoms with Gasteiger partial charge in [0.15, 0.2) is 0 Å². The summed E-state index contributed by atoms with van der Waals surface area (Å²) >= 11 is 0. The first-order valence-corrected chi connectivity index (χ1v) is 3.90. The Morgan fingerprint density at radius 1 is 1.18 bits per heavy atom. The van der Waals surface area contributed by atoms with Crippen LogP contribution in [0.4, 0.5) is 0 Å². The molecule has 60 valence electrons. The second-order valence-electron chi connectivity index (χ2n) is 3.24. The minimum Gasteiger partial charge on any atom is -0.198 e. The third-order valence-electron chi connectivity index (χ3n) is 1.89. The maximum absolute atomic E-state index is 8.73. The molecule has 0 aliphatic carbocycles. The summed E-state index contributed by atoms with van der Waals surface area (Å²) in [6, 6.07) is 4.32. The van der Waals surface area contributed by atoms with E-state index in [2.05, 4.69) is 12.1 Å². The summed E-state index contributed by atoms with van der Waals surface area (Å²) in [6.07, 6.45) is 0.483. The summed E-state index contributed by atoms with van der Waals surface area (Å²) in [5.74, 6) is 0.572. The van der Waals surface area contributed by atoms with E-state index in [0.717, 1.165) is 0 Å². The average molecular weight is 150 g/mol. The first-order chi connectivity index (χ1) is 5.13. The number of nitrogens with zero attached hydrogens (tertiary/aromatic N) is 2. The predicted octanol–water partition coefficient (Wildman–Crippen LogP) is 2.33. The van der Waals surface area contributed by atoms with Crippen molar-refractivity contribution in [3.8, 4) is 12.1 Å². The van der Waals surface area contributed by atoms with Crippen molar-refractivity contribution in [2.45, 2.75) is 27.2 Å². The Bertz CT molecular complexity index is 183. The van der Waals surface area contributed by atoms with E-state index in [-0.39, 0.29) is 11.8 Å². The van der Waals surface area contributed by atoms with Crippen molar-refractivity contribution >= 4 is 0 Å². The van der Waals surface area contributed by atoms with E-state index in [9.17, 15) is 0 Å². The molecule has 0 aliphatic heterocycles. The lowest BCUT2D eigenvalue weighted by Gasteiger charge is -2.17. The molecule has 2 nitrogen and oxygen atoms in total. The Morgan fingerprint density at radius 2 is 1.73 bits per heavy atom. The maximum atomic E-state index is 8.73. The monoisotopic (exact) mass is 150 g/mol. The number of hydrogen-bond acceptors (Lipinski definition) is 2. The van der Waals surface area contributed by atoms with Crippen LogP contribution in [-0.4, -0.2) is 0 Å². The third kappa shape index (κ3) is 3.05. The quantitative estimate of drug-likeness (QED) is 0.619. The first kappa shape index (κ1) is 9.98. The van der Waals surface area contributed by atoms with E-state index < -0.39 is 0 Å². The molecule has 0 bridgehead atoms. The lowest BCUT2D eigenvalue weighted by atomic mass is 9.84. The van der Waals surface area contributed by atoms with Crippen LogP contribution in [0.5, 0.6) is 0 Å². The van der Waals surface area contributed by atoms with Gasteiger partial charge in [-0.2, -0.15) is 10.5 Å². The summed E-state index contributed by atoms with van der Waals surface area (Å²) in [5.41, 5.74) is 0. The van der Waals surface area contributed by atoms with E-state index >= 15 is 0 Å². The van der Waals surface area contributed by atoms with Crippen LogP contribution in [0.1, 0.15) is 27.2 Å². The standard InChI is InChI=1S/C9H14N2/c1-7(2)9(6-11)8(3)4-5-10/h7-9H,4H2,1-3H3/t8-,9+/m0/s1. The molecular weight excluding hydrogens is 136 g/mol. The SMILES string of the molecule is CC(C)[C@@H](C#N)[C@@H](C)CC#N. The molecule has 0 N–H and O–H groups in total. The Morgan fingerprint density at radius 3 is 2.00 bits per heavy atom. The van der Waals surface area contributed by atoms with Gasteiger partial charge in [0.1, 0.15) is 0 Å². The van der Waals surface area contributed by atoms with E-state index in [1.807, 2.05) is 20.8 Å². The summed E-state index contributed by atoms with van der Waals surface area (Å²) in [4.78, 5) is 0. The zero-order chi connectivity index (χ0) is 8.85. The van der Waals surface area contributed by atoms with Crippen molar-refractivity contribution in [2.24, 2.45) is 17.8 Å². The Hall–Kier alpha value is -1.02. The Kier molecular flexibility index (Phi) is 4.30. The third-order valence-corrected chi connectivity index (χ3v) is 1.89. The lowest BCUT2D eigenvalue weighted by molar-refractivity contribution is 0.347. The molecule has 0 aromatic rings. The van der Waals surface area contributed by atoms with Gasteiger partial charge in [-0.05, 0) is 11.8 Å². The molecule has 0 spiro atoms. The van der Waals surface area contributed by atoms with Gasteiger partial charge in [0.25, 0.3) is 0 Å². The molecule has 2 heteroatoms. The normalized spacial score (nSPS) is 15.1. The molecule has 0 unspecified atom stereocenters. The molecule has 0 saturated heterocycles. The zero-order valence-corrected chi connectivity index (χ0v) is 7.33. The van der Waals surface area contributed by atoms with Gasteiger partial charge in [-0.1, -0.05) is 20.8 Å². The summed E-state index contributed by atoms with van der Waals surface area (Å²) in [7, 11) is 0. The van der Waals surface area contributed by atoms with Gasteiger partial charge in [0.2, 0.25) is 0 Å². The minimum atomic E-state index is 0.0228. The molecule has 0 heterocycles. The van der Waals surface area contributed by atoms with E-state index in [1.54, 1.807) is 0 Å². The molecule has 0 aliphatic rings. The topological polar surface area (TPSA) is 47.6 Å². The molecular formula is C9H14N2. The molecule has 0 amide bonds. The Balaban J connectivity index is 4.08. The number of rotatable bonds is 3. The van der Waals surface area contributed by atoms with Crippen molar-refractivity contribution < 1.29 is 0 Å². The van der Waals surface area contributed by atoms with Crippen molar-refractivity contribution in [2.75, 3.05) is 0 Å². The summed E-state index contributed by atoms with van der Waals surface area (Å²) in [5, 5.41) is 17.1. The maximum Gasteiger partial charge on any atom is 0.0661 e. The zero-order valence-electron chi connectivity index (χ0n) is 7.33. The van der Waals surface area contributed by atoms with Crippen molar-refractivity contribution in [3.05, 3.63) is 0 Å². The summed E-state index contributed by atoms with van der Waals surface area (Å²) in [6.45, 7) is 5.99. The average Bonchev–Trinajstić information content (AvgIpc) is 1.88. The second-order valence-corrected chi connectivity index (χ2v) is 3.24. The molecule has 0 aromatic carbocycles. The van der Waals surface area contributed by atoms with Gasteiger partial charge in [-0.15, -0.1) is 0 Å². The Labute approximate surface area is 68.4 Å². The van der Waals surface area contributed by atoms with Crippen LogP contribution in [0.15, 0.2) is 0 Å². The minimum absolute atomic E-state index is 0.0228. The highest BCUT2D eigenvalue weighted by Gasteiger charge is 2.19. The fourth-order valence-electron chi connectivity index (χ4n) is 1.20. The van der Waals surface area contributed by atoms with E-state index in [4.69, 9.17) is 10.5 Å². The smallest absolute Gasteiger partial charge is 0.0661 e. The van der Waals surface area contributed by atoms with Gasteiger partial charge in [-0.25, -0.2) is 0 Å². The number of hydrogen-bond donors (Lipinski definition) is 0. The van der Waals surface area contributed by atoms with Gasteiger partial charge < -0.3 is 0 Å². The van der Waals surface area contributed by atoms with Gasteiger partial charge in [-0.3, -0.25) is 0 Å². The highest BCUT2D eigenvalue weighted by atomic mass is 14.3. The summed E-state index contributed by atoms with van der Waals surface area (Å²) < 4.78 is 0.